The fraction of sp³-hybridized carbons (Fsp3) is 0.263. The standard InChI is InChI=1S/C19H17FN4O4/c1-10-4-5-11(8-15(10)20)23-18(25)16-17(19(23)26)24(22-21-16)12-6-13(27-2)9-14(7-12)28-3/h4-9,16-17H,1-3H3/t16-,17-/m0/s1. The Hall–Kier alpha value is -3.49. The van der Waals surface area contributed by atoms with Gasteiger partial charge in [0.05, 0.1) is 25.6 Å². The van der Waals surface area contributed by atoms with Gasteiger partial charge in [0.15, 0.2) is 12.1 Å². The zero-order valence-corrected chi connectivity index (χ0v) is 15.4. The summed E-state index contributed by atoms with van der Waals surface area (Å²) in [4.78, 5) is 26.8. The molecule has 1 fully saturated rings. The normalized spacial score (nSPS) is 20.7. The van der Waals surface area contributed by atoms with E-state index >= 15 is 0 Å². The molecular weight excluding hydrogens is 367 g/mol. The van der Waals surface area contributed by atoms with Crippen LogP contribution >= 0.6 is 0 Å². The quantitative estimate of drug-likeness (QED) is 0.757. The van der Waals surface area contributed by atoms with Crippen LogP contribution < -0.4 is 19.4 Å². The summed E-state index contributed by atoms with van der Waals surface area (Å²) in [5.74, 6) is -0.556. The van der Waals surface area contributed by atoms with E-state index in [1.54, 1.807) is 25.1 Å². The summed E-state index contributed by atoms with van der Waals surface area (Å²) in [5, 5.41) is 9.35. The number of rotatable bonds is 4. The van der Waals surface area contributed by atoms with Crippen LogP contribution in [-0.2, 0) is 9.59 Å². The van der Waals surface area contributed by atoms with Gasteiger partial charge in [0, 0.05) is 18.2 Å². The Morgan fingerprint density at radius 1 is 0.964 bits per heavy atom. The van der Waals surface area contributed by atoms with Crippen molar-refractivity contribution in [2.75, 3.05) is 24.1 Å². The minimum atomic E-state index is -0.992. The molecule has 2 aliphatic heterocycles. The largest absolute Gasteiger partial charge is 0.497 e. The Kier molecular flexibility index (Phi) is 4.21. The monoisotopic (exact) mass is 384 g/mol. The van der Waals surface area contributed by atoms with Crippen LogP contribution in [0.1, 0.15) is 5.56 Å². The van der Waals surface area contributed by atoms with Gasteiger partial charge < -0.3 is 9.47 Å². The molecule has 1 saturated heterocycles. The number of hydrogen-bond donors (Lipinski definition) is 0. The predicted octanol–water partition coefficient (Wildman–Crippen LogP) is 2.65. The molecule has 2 aromatic rings. The average molecular weight is 384 g/mol. The number of carbonyl (C=O) groups is 2. The molecule has 28 heavy (non-hydrogen) atoms. The SMILES string of the molecule is COc1cc(OC)cc(N2N=N[C@@H]3C(=O)N(c4ccc(C)c(F)c4)C(=O)[C@H]32)c1. The highest BCUT2D eigenvalue weighted by Crippen LogP contribution is 2.37. The van der Waals surface area contributed by atoms with Crippen molar-refractivity contribution in [1.29, 1.82) is 0 Å². The van der Waals surface area contributed by atoms with E-state index in [0.29, 0.717) is 22.7 Å². The first kappa shape index (κ1) is 17.9. The molecule has 8 nitrogen and oxygen atoms in total. The highest BCUT2D eigenvalue weighted by atomic mass is 19.1. The van der Waals surface area contributed by atoms with Crippen LogP contribution in [0.4, 0.5) is 15.8 Å². The summed E-state index contributed by atoms with van der Waals surface area (Å²) in [6.07, 6.45) is 0. The predicted molar refractivity (Wildman–Crippen MR) is 98.1 cm³/mol. The molecule has 0 bridgehead atoms. The van der Waals surface area contributed by atoms with Crippen LogP contribution in [-0.4, -0.2) is 38.1 Å². The topological polar surface area (TPSA) is 83.8 Å². The van der Waals surface area contributed by atoms with E-state index < -0.39 is 29.7 Å². The van der Waals surface area contributed by atoms with Crippen molar-refractivity contribution in [2.24, 2.45) is 10.3 Å². The zero-order chi connectivity index (χ0) is 20.0. The highest BCUT2D eigenvalue weighted by Gasteiger charge is 2.55. The minimum absolute atomic E-state index is 0.172. The highest BCUT2D eigenvalue weighted by molar-refractivity contribution is 6.26. The Labute approximate surface area is 160 Å². The van der Waals surface area contributed by atoms with Crippen molar-refractivity contribution in [2.45, 2.75) is 19.0 Å². The van der Waals surface area contributed by atoms with Crippen LogP contribution in [0.5, 0.6) is 11.5 Å². The molecule has 0 aliphatic carbocycles. The number of anilines is 2. The second kappa shape index (κ2) is 6.59. The molecule has 2 aromatic carbocycles. The van der Waals surface area contributed by atoms with Crippen molar-refractivity contribution < 1.29 is 23.5 Å². The summed E-state index contributed by atoms with van der Waals surface area (Å²) in [5.41, 5.74) is 1.09. The Morgan fingerprint density at radius 3 is 2.25 bits per heavy atom. The molecule has 0 spiro atoms. The molecule has 0 saturated carbocycles. The third kappa shape index (κ3) is 2.67. The first-order valence-electron chi connectivity index (χ1n) is 8.51. The number of aryl methyl sites for hydroxylation is 1. The number of amides is 2. The van der Waals surface area contributed by atoms with Gasteiger partial charge in [-0.2, -0.15) is 5.11 Å². The number of nitrogens with zero attached hydrogens (tertiary/aromatic N) is 4. The Balaban J connectivity index is 1.71. The number of halogens is 1. The summed E-state index contributed by atoms with van der Waals surface area (Å²) >= 11 is 0. The zero-order valence-electron chi connectivity index (χ0n) is 15.4. The van der Waals surface area contributed by atoms with Crippen molar-refractivity contribution >= 4 is 23.2 Å². The molecule has 0 N–H and O–H groups in total. The second-order valence-corrected chi connectivity index (χ2v) is 6.46. The van der Waals surface area contributed by atoms with E-state index in [2.05, 4.69) is 10.3 Å². The smallest absolute Gasteiger partial charge is 0.263 e. The summed E-state index contributed by atoms with van der Waals surface area (Å²) < 4.78 is 24.5. The van der Waals surface area contributed by atoms with E-state index in [0.717, 1.165) is 4.90 Å². The number of benzene rings is 2. The van der Waals surface area contributed by atoms with Gasteiger partial charge in [-0.25, -0.2) is 14.3 Å². The molecular formula is C19H17FN4O4. The van der Waals surface area contributed by atoms with Crippen LogP contribution in [0, 0.1) is 12.7 Å². The number of imide groups is 1. The maximum absolute atomic E-state index is 14.0. The first-order valence-corrected chi connectivity index (χ1v) is 8.51. The molecule has 0 unspecified atom stereocenters. The summed E-state index contributed by atoms with van der Waals surface area (Å²) in [6, 6.07) is 7.28. The number of carbonyl (C=O) groups excluding carboxylic acids is 2. The van der Waals surface area contributed by atoms with Gasteiger partial charge in [0.2, 0.25) is 0 Å². The van der Waals surface area contributed by atoms with Gasteiger partial charge in [-0.3, -0.25) is 9.59 Å². The van der Waals surface area contributed by atoms with E-state index in [9.17, 15) is 14.0 Å². The van der Waals surface area contributed by atoms with Gasteiger partial charge in [-0.1, -0.05) is 11.3 Å². The number of ether oxygens (including phenoxy) is 2. The van der Waals surface area contributed by atoms with Crippen molar-refractivity contribution in [3.63, 3.8) is 0 Å². The van der Waals surface area contributed by atoms with Crippen molar-refractivity contribution in [1.82, 2.24) is 0 Å². The fourth-order valence-corrected chi connectivity index (χ4v) is 3.27. The third-order valence-electron chi connectivity index (χ3n) is 4.80. The summed E-state index contributed by atoms with van der Waals surface area (Å²) in [7, 11) is 3.01. The second-order valence-electron chi connectivity index (χ2n) is 6.46. The lowest BCUT2D eigenvalue weighted by molar-refractivity contribution is -0.121. The lowest BCUT2D eigenvalue weighted by Gasteiger charge is -2.21. The molecule has 4 rings (SSSR count). The number of hydrogen-bond acceptors (Lipinski definition) is 7. The molecule has 0 radical (unpaired) electrons. The van der Waals surface area contributed by atoms with Crippen LogP contribution in [0.3, 0.4) is 0 Å². The minimum Gasteiger partial charge on any atom is -0.497 e. The van der Waals surface area contributed by atoms with Gasteiger partial charge in [0.1, 0.15) is 17.3 Å². The van der Waals surface area contributed by atoms with E-state index in [1.165, 1.54) is 37.4 Å². The van der Waals surface area contributed by atoms with Crippen LogP contribution in [0.2, 0.25) is 0 Å². The van der Waals surface area contributed by atoms with Gasteiger partial charge in [0.25, 0.3) is 11.8 Å². The van der Waals surface area contributed by atoms with Crippen LogP contribution in [0.25, 0.3) is 0 Å². The third-order valence-corrected chi connectivity index (χ3v) is 4.80. The molecule has 9 heteroatoms. The van der Waals surface area contributed by atoms with Crippen molar-refractivity contribution in [3.05, 3.63) is 47.8 Å². The number of methoxy groups -OCH3 is 2. The Bertz CT molecular complexity index is 987. The Morgan fingerprint density at radius 2 is 1.64 bits per heavy atom. The average Bonchev–Trinajstić information content (AvgIpc) is 3.24. The van der Waals surface area contributed by atoms with E-state index in [1.807, 2.05) is 0 Å². The molecule has 2 atom stereocenters. The molecule has 0 aromatic heterocycles. The maximum Gasteiger partial charge on any atom is 0.263 e. The maximum atomic E-state index is 14.0. The van der Waals surface area contributed by atoms with Gasteiger partial charge >= 0.3 is 0 Å². The van der Waals surface area contributed by atoms with Gasteiger partial charge in [-0.05, 0) is 24.6 Å². The lowest BCUT2D eigenvalue weighted by Crippen LogP contribution is -2.40. The fourth-order valence-electron chi connectivity index (χ4n) is 3.27. The van der Waals surface area contributed by atoms with E-state index in [-0.39, 0.29) is 5.69 Å². The summed E-state index contributed by atoms with van der Waals surface area (Å²) in [6.45, 7) is 1.60. The lowest BCUT2D eigenvalue weighted by atomic mass is 10.1. The van der Waals surface area contributed by atoms with Crippen molar-refractivity contribution in [3.8, 4) is 11.5 Å². The molecule has 2 aliphatic rings. The number of fused-ring (bicyclic) bond motifs is 1. The molecule has 2 amide bonds. The van der Waals surface area contributed by atoms with E-state index in [4.69, 9.17) is 9.47 Å². The van der Waals surface area contributed by atoms with Crippen LogP contribution in [0.15, 0.2) is 46.7 Å². The first-order chi connectivity index (χ1) is 13.4. The molecule has 144 valence electrons. The van der Waals surface area contributed by atoms with Gasteiger partial charge in [-0.15, -0.1) is 0 Å². The molecule has 2 heterocycles.